The van der Waals surface area contributed by atoms with Crippen LogP contribution in [0.1, 0.15) is 12.8 Å². The molecule has 0 bridgehead atoms. The summed E-state index contributed by atoms with van der Waals surface area (Å²) >= 11 is 0. The molecular formula is C10H9F5O. The zero-order valence-corrected chi connectivity index (χ0v) is 8.10. The number of ketones is 1. The second-order valence-electron chi connectivity index (χ2n) is 3.47. The minimum absolute atomic E-state index is 0.0443. The van der Waals surface area contributed by atoms with E-state index in [1.807, 2.05) is 0 Å². The van der Waals surface area contributed by atoms with E-state index >= 15 is 0 Å². The highest BCUT2D eigenvalue weighted by Crippen LogP contribution is 2.29. The van der Waals surface area contributed by atoms with Crippen molar-refractivity contribution in [3.63, 3.8) is 0 Å². The monoisotopic (exact) mass is 240 g/mol. The molecule has 1 aliphatic carbocycles. The third kappa shape index (κ3) is 3.43. The van der Waals surface area contributed by atoms with E-state index in [9.17, 15) is 26.7 Å². The van der Waals surface area contributed by atoms with Gasteiger partial charge in [0.05, 0.1) is 0 Å². The second-order valence-corrected chi connectivity index (χ2v) is 3.47. The Morgan fingerprint density at radius 3 is 2.50 bits per heavy atom. The number of carbonyl (C=O) groups is 1. The van der Waals surface area contributed by atoms with Gasteiger partial charge >= 0.3 is 6.18 Å². The van der Waals surface area contributed by atoms with Crippen LogP contribution in [0.25, 0.3) is 0 Å². The van der Waals surface area contributed by atoms with Gasteiger partial charge in [0.15, 0.2) is 0 Å². The molecule has 0 radical (unpaired) electrons. The smallest absolute Gasteiger partial charge is 0.285 e. The van der Waals surface area contributed by atoms with Crippen molar-refractivity contribution in [3.8, 4) is 0 Å². The Hall–Kier alpha value is -1.20. The van der Waals surface area contributed by atoms with Crippen molar-refractivity contribution in [2.24, 2.45) is 5.92 Å². The molecule has 2 unspecified atom stereocenters. The van der Waals surface area contributed by atoms with Crippen LogP contribution in [0.3, 0.4) is 0 Å². The number of hydrogen-bond acceptors (Lipinski definition) is 1. The maximum absolute atomic E-state index is 13.0. The van der Waals surface area contributed by atoms with Gasteiger partial charge in [0.1, 0.15) is 12.0 Å². The van der Waals surface area contributed by atoms with Crippen LogP contribution in [0, 0.1) is 5.92 Å². The molecule has 0 fully saturated rings. The molecule has 1 nitrogen and oxygen atoms in total. The molecule has 1 aliphatic rings. The van der Waals surface area contributed by atoms with Gasteiger partial charge in [0.2, 0.25) is 0 Å². The first-order valence-corrected chi connectivity index (χ1v) is 4.61. The molecule has 2 atom stereocenters. The maximum atomic E-state index is 13.0. The summed E-state index contributed by atoms with van der Waals surface area (Å²) in [6, 6.07) is 0. The maximum Gasteiger partial charge on any atom is 0.454 e. The number of rotatable bonds is 2. The van der Waals surface area contributed by atoms with Crippen molar-refractivity contribution >= 4 is 5.78 Å². The predicted octanol–water partition coefficient (Wildman–Crippen LogP) is 3.28. The van der Waals surface area contributed by atoms with Crippen LogP contribution in [0.5, 0.6) is 0 Å². The van der Waals surface area contributed by atoms with E-state index < -0.39 is 29.9 Å². The van der Waals surface area contributed by atoms with E-state index in [1.165, 1.54) is 0 Å². The van der Waals surface area contributed by atoms with E-state index in [2.05, 4.69) is 0 Å². The van der Waals surface area contributed by atoms with E-state index in [0.717, 1.165) is 12.2 Å². The van der Waals surface area contributed by atoms with Crippen molar-refractivity contribution in [2.45, 2.75) is 25.2 Å². The summed E-state index contributed by atoms with van der Waals surface area (Å²) in [5, 5.41) is 0. The zero-order chi connectivity index (χ0) is 12.3. The fourth-order valence-corrected chi connectivity index (χ4v) is 1.34. The molecular weight excluding hydrogens is 231 g/mol. The molecule has 0 spiro atoms. The number of hydrogen-bond donors (Lipinski definition) is 0. The van der Waals surface area contributed by atoms with E-state index in [4.69, 9.17) is 0 Å². The van der Waals surface area contributed by atoms with Gasteiger partial charge in [-0.15, -0.1) is 0 Å². The first-order chi connectivity index (χ1) is 7.30. The Bertz CT molecular complexity index is 329. The Balaban J connectivity index is 2.65. The molecule has 6 heteroatoms. The topological polar surface area (TPSA) is 17.1 Å². The summed E-state index contributed by atoms with van der Waals surface area (Å²) in [6.07, 6.45) is -4.41. The lowest BCUT2D eigenvalue weighted by molar-refractivity contribution is -0.165. The Kier molecular flexibility index (Phi) is 3.83. The van der Waals surface area contributed by atoms with Crippen LogP contribution >= 0.6 is 0 Å². The predicted molar refractivity (Wildman–Crippen MR) is 47.0 cm³/mol. The summed E-state index contributed by atoms with van der Waals surface area (Å²) in [4.78, 5) is 10.5. The molecule has 0 aliphatic heterocycles. The van der Waals surface area contributed by atoms with Gasteiger partial charge in [-0.05, 0) is 25.0 Å². The van der Waals surface area contributed by atoms with Crippen molar-refractivity contribution < 1.29 is 26.7 Å². The fraction of sp³-hybridized carbons (Fsp3) is 0.500. The average Bonchev–Trinajstić information content (AvgIpc) is 2.14. The summed E-state index contributed by atoms with van der Waals surface area (Å²) < 4.78 is 61.0. The Labute approximate surface area is 88.6 Å². The molecule has 0 aromatic carbocycles. The Morgan fingerprint density at radius 1 is 1.38 bits per heavy atom. The molecule has 0 aromatic heterocycles. The quantitative estimate of drug-likeness (QED) is 0.534. The summed E-state index contributed by atoms with van der Waals surface area (Å²) in [5.74, 6) is -3.80. The Morgan fingerprint density at radius 2 is 2.00 bits per heavy atom. The van der Waals surface area contributed by atoms with Crippen molar-refractivity contribution in [3.05, 3.63) is 24.1 Å². The normalized spacial score (nSPS) is 26.9. The fourth-order valence-electron chi connectivity index (χ4n) is 1.34. The average molecular weight is 240 g/mol. The first-order valence-electron chi connectivity index (χ1n) is 4.61. The summed E-state index contributed by atoms with van der Waals surface area (Å²) in [7, 11) is 0. The van der Waals surface area contributed by atoms with Crippen LogP contribution in [-0.2, 0) is 4.79 Å². The molecule has 0 amide bonds. The van der Waals surface area contributed by atoms with Gasteiger partial charge in [0.25, 0.3) is 5.78 Å². The van der Waals surface area contributed by atoms with Gasteiger partial charge in [-0.2, -0.15) is 13.2 Å². The van der Waals surface area contributed by atoms with Gasteiger partial charge in [-0.25, -0.2) is 8.78 Å². The van der Waals surface area contributed by atoms with Crippen LogP contribution in [0.15, 0.2) is 24.1 Å². The van der Waals surface area contributed by atoms with Gasteiger partial charge in [0, 0.05) is 5.92 Å². The third-order valence-corrected chi connectivity index (χ3v) is 2.21. The lowest BCUT2D eigenvalue weighted by Gasteiger charge is -2.17. The lowest BCUT2D eigenvalue weighted by Crippen LogP contribution is -2.20. The number of halogens is 5. The minimum atomic E-state index is -4.95. The van der Waals surface area contributed by atoms with Gasteiger partial charge < -0.3 is 0 Å². The van der Waals surface area contributed by atoms with E-state index in [0.29, 0.717) is 0 Å². The molecule has 0 saturated heterocycles. The van der Waals surface area contributed by atoms with Gasteiger partial charge in [-0.3, -0.25) is 4.79 Å². The molecule has 1 rings (SSSR count). The van der Waals surface area contributed by atoms with Crippen molar-refractivity contribution in [1.29, 1.82) is 0 Å². The number of carbonyl (C=O) groups excluding carboxylic acids is 1. The molecule has 90 valence electrons. The molecule has 16 heavy (non-hydrogen) atoms. The minimum Gasteiger partial charge on any atom is -0.285 e. The van der Waals surface area contributed by atoms with Crippen LogP contribution < -0.4 is 0 Å². The molecule has 0 aromatic rings. The lowest BCUT2D eigenvalue weighted by atomic mass is 9.93. The number of alkyl halides is 4. The largest absolute Gasteiger partial charge is 0.454 e. The summed E-state index contributed by atoms with van der Waals surface area (Å²) in [5.41, 5.74) is 0. The number of allylic oxidation sites excluding steroid dienone is 4. The standard InChI is InChI=1S/C10H9F5O/c11-7-3-1-6(8(12)5-7)2-4-9(16)10(13,14)15/h2,4-7H,1,3H2/b4-2+. The molecule has 0 saturated carbocycles. The third-order valence-electron chi connectivity index (χ3n) is 2.21. The summed E-state index contributed by atoms with van der Waals surface area (Å²) in [6.45, 7) is 0. The van der Waals surface area contributed by atoms with E-state index in [-0.39, 0.29) is 18.9 Å². The molecule has 0 N–H and O–H groups in total. The SMILES string of the molecule is O=C(/C=C/C1CCC(F)C=C1F)C(F)(F)F. The highest BCUT2D eigenvalue weighted by molar-refractivity contribution is 5.94. The highest BCUT2D eigenvalue weighted by atomic mass is 19.4. The van der Waals surface area contributed by atoms with Crippen LogP contribution in [-0.4, -0.2) is 18.1 Å². The zero-order valence-electron chi connectivity index (χ0n) is 8.10. The van der Waals surface area contributed by atoms with Crippen LogP contribution in [0.4, 0.5) is 22.0 Å². The van der Waals surface area contributed by atoms with Crippen molar-refractivity contribution in [1.82, 2.24) is 0 Å². The van der Waals surface area contributed by atoms with Crippen LogP contribution in [0.2, 0.25) is 0 Å². The second kappa shape index (κ2) is 4.76. The molecule has 0 heterocycles. The first kappa shape index (κ1) is 12.9. The highest BCUT2D eigenvalue weighted by Gasteiger charge is 2.36. The van der Waals surface area contributed by atoms with Crippen molar-refractivity contribution in [2.75, 3.05) is 0 Å². The van der Waals surface area contributed by atoms with E-state index in [1.54, 1.807) is 0 Å². The van der Waals surface area contributed by atoms with Gasteiger partial charge in [-0.1, -0.05) is 6.08 Å².